The van der Waals surface area contributed by atoms with E-state index in [9.17, 15) is 4.79 Å². The van der Waals surface area contributed by atoms with Crippen molar-refractivity contribution < 1.29 is 14.3 Å². The van der Waals surface area contributed by atoms with Gasteiger partial charge in [0.25, 0.3) is 0 Å². The highest BCUT2D eigenvalue weighted by Crippen LogP contribution is 2.26. The highest BCUT2D eigenvalue weighted by atomic mass is 16.5. The summed E-state index contributed by atoms with van der Waals surface area (Å²) in [6, 6.07) is 17.8. The lowest BCUT2D eigenvalue weighted by atomic mass is 9.95. The molecular formula is C26H30N4O3. The normalized spacial score (nSPS) is 14.1. The molecule has 0 saturated carbocycles. The molecule has 1 saturated heterocycles. The van der Waals surface area contributed by atoms with Gasteiger partial charge in [0.15, 0.2) is 0 Å². The van der Waals surface area contributed by atoms with Crippen LogP contribution in [0.25, 0.3) is 11.3 Å². The first kappa shape index (κ1) is 22.6. The molecule has 0 aliphatic carbocycles. The molecular weight excluding hydrogens is 416 g/mol. The topological polar surface area (TPSA) is 76.6 Å². The predicted molar refractivity (Wildman–Crippen MR) is 129 cm³/mol. The number of nitrogens with one attached hydrogen (secondary N) is 1. The summed E-state index contributed by atoms with van der Waals surface area (Å²) in [7, 11) is 3.31. The maximum Gasteiger partial charge on any atom is 0.223 e. The van der Waals surface area contributed by atoms with Crippen molar-refractivity contribution in [3.8, 4) is 22.8 Å². The molecule has 0 bridgehead atoms. The van der Waals surface area contributed by atoms with Gasteiger partial charge in [-0.15, -0.1) is 0 Å². The molecule has 1 aliphatic rings. The molecule has 2 aromatic carbocycles. The van der Waals surface area contributed by atoms with Gasteiger partial charge in [0, 0.05) is 37.2 Å². The third-order valence-electron chi connectivity index (χ3n) is 6.10. The molecule has 1 N–H and O–H groups in total. The number of hydrogen-bond donors (Lipinski definition) is 1. The summed E-state index contributed by atoms with van der Waals surface area (Å²) < 4.78 is 10.4. The fraction of sp³-hybridized carbons (Fsp3) is 0.346. The monoisotopic (exact) mass is 446 g/mol. The van der Waals surface area contributed by atoms with Crippen molar-refractivity contribution in [2.75, 3.05) is 38.8 Å². The summed E-state index contributed by atoms with van der Waals surface area (Å²) in [6.45, 7) is 2.24. The number of piperidine rings is 1. The summed E-state index contributed by atoms with van der Waals surface area (Å²) in [6.07, 6.45) is 4.04. The molecule has 1 aromatic heterocycles. The van der Waals surface area contributed by atoms with Crippen LogP contribution in [0, 0.1) is 5.92 Å². The zero-order valence-electron chi connectivity index (χ0n) is 19.2. The van der Waals surface area contributed by atoms with Crippen LogP contribution >= 0.6 is 0 Å². The molecule has 0 radical (unpaired) electrons. The Kier molecular flexibility index (Phi) is 7.40. The van der Waals surface area contributed by atoms with Gasteiger partial charge in [0.1, 0.15) is 23.6 Å². The van der Waals surface area contributed by atoms with E-state index >= 15 is 0 Å². The standard InChI is InChI=1S/C26H30N4O3/c1-32-22-7-3-19(4-8-22)11-14-27-26(31)21-12-15-30(16-13-21)25-17-24(28-18-29-25)20-5-9-23(33-2)10-6-20/h3-10,17-18,21H,11-16H2,1-2H3,(H,27,31). The zero-order chi connectivity index (χ0) is 23.0. The fourth-order valence-corrected chi connectivity index (χ4v) is 4.08. The minimum absolute atomic E-state index is 0.0417. The Labute approximate surface area is 194 Å². The summed E-state index contributed by atoms with van der Waals surface area (Å²) >= 11 is 0. The molecule has 2 heterocycles. The molecule has 33 heavy (non-hydrogen) atoms. The molecule has 7 nitrogen and oxygen atoms in total. The Morgan fingerprint density at radius 3 is 2.24 bits per heavy atom. The first-order valence-corrected chi connectivity index (χ1v) is 11.3. The highest BCUT2D eigenvalue weighted by molar-refractivity contribution is 5.79. The fourth-order valence-electron chi connectivity index (χ4n) is 4.08. The van der Waals surface area contributed by atoms with Crippen LogP contribution in [0.5, 0.6) is 11.5 Å². The average Bonchev–Trinajstić information content (AvgIpc) is 2.89. The molecule has 7 heteroatoms. The Bertz CT molecular complexity index is 1050. The minimum atomic E-state index is 0.0417. The predicted octanol–water partition coefficient (Wildman–Crippen LogP) is 3.74. The number of carbonyl (C=O) groups is 1. The zero-order valence-corrected chi connectivity index (χ0v) is 19.2. The van der Waals surface area contributed by atoms with E-state index in [-0.39, 0.29) is 11.8 Å². The first-order valence-electron chi connectivity index (χ1n) is 11.3. The number of anilines is 1. The summed E-state index contributed by atoms with van der Waals surface area (Å²) in [5, 5.41) is 3.10. The van der Waals surface area contributed by atoms with Crippen molar-refractivity contribution in [2.24, 2.45) is 5.92 Å². The summed E-state index contributed by atoms with van der Waals surface area (Å²) in [5.41, 5.74) is 3.08. The van der Waals surface area contributed by atoms with Gasteiger partial charge in [-0.2, -0.15) is 0 Å². The maximum atomic E-state index is 12.6. The van der Waals surface area contributed by atoms with Crippen LogP contribution in [0.4, 0.5) is 5.82 Å². The van der Waals surface area contributed by atoms with E-state index in [0.29, 0.717) is 6.54 Å². The molecule has 0 atom stereocenters. The Balaban J connectivity index is 1.27. The number of benzene rings is 2. The number of methoxy groups -OCH3 is 2. The third kappa shape index (κ3) is 5.80. The number of ether oxygens (including phenoxy) is 2. The van der Waals surface area contributed by atoms with Crippen molar-refractivity contribution in [2.45, 2.75) is 19.3 Å². The lowest BCUT2D eigenvalue weighted by Gasteiger charge is -2.32. The van der Waals surface area contributed by atoms with Crippen LogP contribution in [0.2, 0.25) is 0 Å². The lowest BCUT2D eigenvalue weighted by molar-refractivity contribution is -0.125. The van der Waals surface area contributed by atoms with Crippen molar-refractivity contribution in [1.29, 1.82) is 0 Å². The van der Waals surface area contributed by atoms with Gasteiger partial charge < -0.3 is 19.7 Å². The number of rotatable bonds is 8. The second kappa shape index (κ2) is 10.8. The van der Waals surface area contributed by atoms with Crippen LogP contribution in [0.1, 0.15) is 18.4 Å². The SMILES string of the molecule is COc1ccc(CCNC(=O)C2CCN(c3cc(-c4ccc(OC)cc4)ncn3)CC2)cc1. The van der Waals surface area contributed by atoms with Gasteiger partial charge in [0.2, 0.25) is 5.91 Å². The van der Waals surface area contributed by atoms with Crippen LogP contribution in [-0.2, 0) is 11.2 Å². The van der Waals surface area contributed by atoms with E-state index in [4.69, 9.17) is 9.47 Å². The molecule has 4 rings (SSSR count). The second-order valence-corrected chi connectivity index (χ2v) is 8.14. The number of aromatic nitrogens is 2. The van der Waals surface area contributed by atoms with Crippen molar-refractivity contribution in [1.82, 2.24) is 15.3 Å². The van der Waals surface area contributed by atoms with Gasteiger partial charge in [-0.25, -0.2) is 9.97 Å². The largest absolute Gasteiger partial charge is 0.497 e. The quantitative estimate of drug-likeness (QED) is 0.568. The lowest BCUT2D eigenvalue weighted by Crippen LogP contribution is -2.41. The number of amides is 1. The van der Waals surface area contributed by atoms with Crippen LogP contribution in [0.3, 0.4) is 0 Å². The van der Waals surface area contributed by atoms with Gasteiger partial charge in [-0.1, -0.05) is 12.1 Å². The van der Waals surface area contributed by atoms with Crippen LogP contribution in [-0.4, -0.2) is 49.7 Å². The highest BCUT2D eigenvalue weighted by Gasteiger charge is 2.25. The van der Waals surface area contributed by atoms with E-state index in [2.05, 4.69) is 20.2 Å². The van der Waals surface area contributed by atoms with E-state index in [1.807, 2.05) is 54.6 Å². The van der Waals surface area contributed by atoms with Crippen LogP contribution in [0.15, 0.2) is 60.9 Å². The van der Waals surface area contributed by atoms with Gasteiger partial charge in [-0.3, -0.25) is 4.79 Å². The minimum Gasteiger partial charge on any atom is -0.497 e. The van der Waals surface area contributed by atoms with Gasteiger partial charge >= 0.3 is 0 Å². The number of nitrogens with zero attached hydrogens (tertiary/aromatic N) is 3. The van der Waals surface area contributed by atoms with Gasteiger partial charge in [0.05, 0.1) is 19.9 Å². The third-order valence-corrected chi connectivity index (χ3v) is 6.10. The van der Waals surface area contributed by atoms with E-state index in [1.165, 1.54) is 5.56 Å². The summed E-state index contributed by atoms with van der Waals surface area (Å²) in [5.74, 6) is 2.74. The summed E-state index contributed by atoms with van der Waals surface area (Å²) in [4.78, 5) is 23.8. The van der Waals surface area contributed by atoms with Crippen molar-refractivity contribution in [3.05, 3.63) is 66.5 Å². The smallest absolute Gasteiger partial charge is 0.223 e. The van der Waals surface area contributed by atoms with Crippen molar-refractivity contribution >= 4 is 11.7 Å². The first-order chi connectivity index (χ1) is 16.2. The van der Waals surface area contributed by atoms with Crippen LogP contribution < -0.4 is 19.7 Å². The average molecular weight is 447 g/mol. The Hall–Kier alpha value is -3.61. The molecule has 3 aromatic rings. The number of carbonyl (C=O) groups excluding carboxylic acids is 1. The Morgan fingerprint density at radius 1 is 0.970 bits per heavy atom. The second-order valence-electron chi connectivity index (χ2n) is 8.14. The molecule has 172 valence electrons. The number of hydrogen-bond acceptors (Lipinski definition) is 6. The molecule has 1 fully saturated rings. The Morgan fingerprint density at radius 2 is 1.61 bits per heavy atom. The van der Waals surface area contributed by atoms with E-state index < -0.39 is 0 Å². The molecule has 1 amide bonds. The van der Waals surface area contributed by atoms with Gasteiger partial charge in [-0.05, 0) is 61.2 Å². The molecule has 1 aliphatic heterocycles. The maximum absolute atomic E-state index is 12.6. The van der Waals surface area contributed by atoms with E-state index in [0.717, 1.165) is 60.9 Å². The molecule has 0 unspecified atom stereocenters. The van der Waals surface area contributed by atoms with E-state index in [1.54, 1.807) is 20.5 Å². The molecule has 0 spiro atoms. The van der Waals surface area contributed by atoms with Crippen molar-refractivity contribution in [3.63, 3.8) is 0 Å².